The molecule has 8 rings (SSSR count). The number of aliphatic hydroxyl groups is 2. The van der Waals surface area contributed by atoms with Crippen molar-refractivity contribution in [2.24, 2.45) is 5.92 Å². The van der Waals surface area contributed by atoms with E-state index in [1.54, 1.807) is 66.5 Å². The van der Waals surface area contributed by atoms with Crippen LogP contribution in [0.5, 0.6) is 5.75 Å². The van der Waals surface area contributed by atoms with Crippen molar-refractivity contribution in [2.45, 2.75) is 44.1 Å². The van der Waals surface area contributed by atoms with Crippen molar-refractivity contribution < 1.29 is 34.4 Å². The van der Waals surface area contributed by atoms with Crippen molar-refractivity contribution in [1.29, 1.82) is 0 Å². The molecule has 2 aliphatic heterocycles. The van der Waals surface area contributed by atoms with Gasteiger partial charge in [0, 0.05) is 62.4 Å². The second-order valence-corrected chi connectivity index (χ2v) is 17.6. The number of piperidine rings is 1. The maximum absolute atomic E-state index is 14.0. The van der Waals surface area contributed by atoms with Crippen LogP contribution < -0.4 is 10.9 Å². The topological polar surface area (TPSA) is 176 Å². The largest absolute Gasteiger partial charge is 0.506 e. The van der Waals surface area contributed by atoms with Crippen LogP contribution in [0.3, 0.4) is 0 Å². The van der Waals surface area contributed by atoms with Gasteiger partial charge < -0.3 is 40.2 Å². The summed E-state index contributed by atoms with van der Waals surface area (Å²) in [6.07, 6.45) is 3.42. The maximum atomic E-state index is 14.0. The lowest BCUT2D eigenvalue weighted by Crippen LogP contribution is -2.42. The number of carbonyl (C=O) groups is 3. The molecular formula is C54H57N5O8. The molecule has 13 nitrogen and oxygen atoms in total. The van der Waals surface area contributed by atoms with Crippen LogP contribution in [0.15, 0.2) is 144 Å². The zero-order chi connectivity index (χ0) is 46.9. The first kappa shape index (κ1) is 46.6. The normalized spacial score (nSPS) is 15.9. The van der Waals surface area contributed by atoms with E-state index in [1.807, 2.05) is 48.5 Å². The maximum Gasteiger partial charge on any atom is 0.347 e. The van der Waals surface area contributed by atoms with Crippen molar-refractivity contribution in [3.8, 4) is 5.75 Å². The number of likely N-dealkylation sites (N-methyl/N-ethyl adjacent to an activating group) is 1. The number of phenols is 1. The molecule has 0 saturated carbocycles. The second kappa shape index (κ2) is 21.2. The molecule has 1 fully saturated rings. The standard InChI is InChI=1S/C54H57N5O8/c1-57(52(64)41-17-15-37(16-18-41)32-55-33-48(61)45-19-21-47(60)51-46(45)20-22-49(62)56-51)35-50(63)59-29-25-40(26-30-59)42-11-8-14-44(31-42)54(66,43-12-6-3-7-13-43)53(65)67-36-39-23-27-58(28-24-39)34-38-9-4-2-5-10-38/h2-22,25,31,39,48,55,60-61,66H,23-24,26-30,32-36H2,1H3,(H,56,62)/t48-,54-/m0/s1. The van der Waals surface area contributed by atoms with Gasteiger partial charge in [-0.2, -0.15) is 0 Å². The molecule has 0 aliphatic carbocycles. The van der Waals surface area contributed by atoms with Crippen molar-refractivity contribution >= 4 is 34.3 Å². The molecule has 1 saturated heterocycles. The highest BCUT2D eigenvalue weighted by atomic mass is 16.5. The fraction of sp³-hybridized carbons (Fsp3) is 0.296. The molecule has 6 aromatic rings. The number of hydrogen-bond donors (Lipinski definition) is 5. The molecule has 1 aromatic heterocycles. The van der Waals surface area contributed by atoms with Crippen LogP contribution in [-0.2, 0) is 33.0 Å². The summed E-state index contributed by atoms with van der Waals surface area (Å²) in [6, 6.07) is 39.7. The Kier molecular flexibility index (Phi) is 14.7. The number of aromatic nitrogens is 1. The molecule has 0 bridgehead atoms. The first-order valence-corrected chi connectivity index (χ1v) is 22.8. The van der Waals surface area contributed by atoms with Crippen molar-refractivity contribution in [3.05, 3.63) is 189 Å². The van der Waals surface area contributed by atoms with Crippen molar-refractivity contribution in [1.82, 2.24) is 25.0 Å². The summed E-state index contributed by atoms with van der Waals surface area (Å²) in [5.74, 6) is -1.06. The van der Waals surface area contributed by atoms with Gasteiger partial charge in [-0.3, -0.25) is 19.3 Å². The summed E-state index contributed by atoms with van der Waals surface area (Å²) in [5, 5.41) is 37.2. The third kappa shape index (κ3) is 11.0. The Balaban J connectivity index is 0.829. The molecule has 0 radical (unpaired) electrons. The zero-order valence-corrected chi connectivity index (χ0v) is 37.6. The van der Waals surface area contributed by atoms with E-state index in [4.69, 9.17) is 4.74 Å². The SMILES string of the molecule is CN(CC(=O)N1CC=C(c2cccc([C@](O)(C(=O)OCC3CCN(Cc4ccccc4)CC3)c3ccccc3)c2)CC1)C(=O)c1ccc(CNC[C@H](O)c2ccc(O)c3[nH]c(=O)ccc23)cc1. The summed E-state index contributed by atoms with van der Waals surface area (Å²) in [5.41, 5.74) is 3.69. The summed E-state index contributed by atoms with van der Waals surface area (Å²) >= 11 is 0. The Morgan fingerprint density at radius 2 is 1.57 bits per heavy atom. The van der Waals surface area contributed by atoms with Gasteiger partial charge in [-0.15, -0.1) is 0 Å². The molecule has 5 N–H and O–H groups in total. The Hall–Kier alpha value is -6.90. The van der Waals surface area contributed by atoms with Crippen LogP contribution in [0, 0.1) is 5.92 Å². The Morgan fingerprint density at radius 1 is 0.851 bits per heavy atom. The number of aromatic hydroxyl groups is 1. The molecule has 5 aromatic carbocycles. The predicted molar refractivity (Wildman–Crippen MR) is 257 cm³/mol. The number of nitrogens with one attached hydrogen (secondary N) is 2. The van der Waals surface area contributed by atoms with E-state index in [-0.39, 0.29) is 54.3 Å². The van der Waals surface area contributed by atoms with Crippen molar-refractivity contribution in [3.63, 3.8) is 0 Å². The number of aliphatic hydroxyl groups excluding tert-OH is 1. The summed E-state index contributed by atoms with van der Waals surface area (Å²) in [7, 11) is 1.60. The number of aromatic amines is 1. The number of ether oxygens (including phenoxy) is 1. The predicted octanol–water partition coefficient (Wildman–Crippen LogP) is 6.14. The lowest BCUT2D eigenvalue weighted by atomic mass is 9.84. The number of rotatable bonds is 16. The minimum absolute atomic E-state index is 0.0767. The van der Waals surface area contributed by atoms with Crippen LogP contribution in [0.1, 0.15) is 69.1 Å². The van der Waals surface area contributed by atoms with E-state index in [2.05, 4.69) is 39.5 Å². The highest BCUT2D eigenvalue weighted by molar-refractivity contribution is 5.96. The molecule has 0 spiro atoms. The minimum Gasteiger partial charge on any atom is -0.506 e. The van der Waals surface area contributed by atoms with E-state index in [9.17, 15) is 34.5 Å². The summed E-state index contributed by atoms with van der Waals surface area (Å²) in [6.45, 7) is 4.24. The third-order valence-electron chi connectivity index (χ3n) is 13.0. The number of H-pyrrole nitrogens is 1. The van der Waals surface area contributed by atoms with E-state index in [1.165, 1.54) is 22.6 Å². The summed E-state index contributed by atoms with van der Waals surface area (Å²) < 4.78 is 5.95. The van der Waals surface area contributed by atoms with Gasteiger partial charge in [-0.25, -0.2) is 4.79 Å². The van der Waals surface area contributed by atoms with E-state index < -0.39 is 17.7 Å². The third-order valence-corrected chi connectivity index (χ3v) is 13.0. The van der Waals surface area contributed by atoms with Gasteiger partial charge in [0.2, 0.25) is 17.1 Å². The number of benzene rings is 5. The van der Waals surface area contributed by atoms with Crippen LogP contribution in [-0.4, -0.2) is 106 Å². The number of hydrogen-bond acceptors (Lipinski definition) is 10. The number of esters is 1. The second-order valence-electron chi connectivity index (χ2n) is 17.6. The molecule has 2 amide bonds. The average Bonchev–Trinajstić information content (AvgIpc) is 3.36. The van der Waals surface area contributed by atoms with Gasteiger partial charge in [-0.05, 0) is 102 Å². The Labute approximate surface area is 389 Å². The van der Waals surface area contributed by atoms with E-state index in [0.29, 0.717) is 53.7 Å². The van der Waals surface area contributed by atoms with Gasteiger partial charge in [0.05, 0.1) is 24.8 Å². The highest BCUT2D eigenvalue weighted by Crippen LogP contribution is 2.35. The highest BCUT2D eigenvalue weighted by Gasteiger charge is 2.42. The van der Waals surface area contributed by atoms with E-state index in [0.717, 1.165) is 49.2 Å². The van der Waals surface area contributed by atoms with Gasteiger partial charge in [0.1, 0.15) is 5.75 Å². The molecule has 2 aliphatic rings. The Bertz CT molecular complexity index is 2770. The number of nitrogens with zero attached hydrogens (tertiary/aromatic N) is 3. The fourth-order valence-electron chi connectivity index (χ4n) is 9.01. The number of amides is 2. The zero-order valence-electron chi connectivity index (χ0n) is 37.6. The lowest BCUT2D eigenvalue weighted by Gasteiger charge is -2.33. The Morgan fingerprint density at radius 3 is 2.28 bits per heavy atom. The molecule has 67 heavy (non-hydrogen) atoms. The van der Waals surface area contributed by atoms with Crippen LogP contribution >= 0.6 is 0 Å². The summed E-state index contributed by atoms with van der Waals surface area (Å²) in [4.78, 5) is 60.8. The molecule has 13 heteroatoms. The smallest absolute Gasteiger partial charge is 0.347 e. The fourth-order valence-corrected chi connectivity index (χ4v) is 9.01. The number of carbonyl (C=O) groups excluding carboxylic acids is 3. The minimum atomic E-state index is -2.03. The first-order chi connectivity index (χ1) is 32.5. The van der Waals surface area contributed by atoms with Gasteiger partial charge in [0.25, 0.3) is 5.91 Å². The molecule has 346 valence electrons. The number of fused-ring (bicyclic) bond motifs is 1. The van der Waals surface area contributed by atoms with Gasteiger partial charge in [0.15, 0.2) is 0 Å². The van der Waals surface area contributed by atoms with Crippen LogP contribution in [0.25, 0.3) is 16.5 Å². The monoisotopic (exact) mass is 903 g/mol. The van der Waals surface area contributed by atoms with Crippen LogP contribution in [0.4, 0.5) is 0 Å². The number of pyridine rings is 1. The first-order valence-electron chi connectivity index (χ1n) is 22.8. The molecule has 2 atom stereocenters. The van der Waals surface area contributed by atoms with Crippen LogP contribution in [0.2, 0.25) is 0 Å². The quantitative estimate of drug-likeness (QED) is 0.0711. The number of likely N-dealkylation sites (tertiary alicyclic amines) is 1. The lowest BCUT2D eigenvalue weighted by molar-refractivity contribution is -0.164. The van der Waals surface area contributed by atoms with E-state index >= 15 is 0 Å². The van der Waals surface area contributed by atoms with Gasteiger partial charge in [-0.1, -0.05) is 103 Å². The molecular weight excluding hydrogens is 847 g/mol. The number of phenolic OH excluding ortho intramolecular Hbond substituents is 1. The molecule has 3 heterocycles. The van der Waals surface area contributed by atoms with Gasteiger partial charge >= 0.3 is 5.97 Å². The van der Waals surface area contributed by atoms with Crippen molar-refractivity contribution in [2.75, 3.05) is 52.9 Å². The average molecular weight is 904 g/mol. The molecule has 0 unspecified atom stereocenters.